The lowest BCUT2D eigenvalue weighted by Crippen LogP contribution is -2.43. The van der Waals surface area contributed by atoms with Crippen molar-refractivity contribution in [3.8, 4) is 0 Å². The van der Waals surface area contributed by atoms with Crippen molar-refractivity contribution in [1.29, 1.82) is 0 Å². The molecule has 0 fully saturated rings. The van der Waals surface area contributed by atoms with Crippen molar-refractivity contribution in [2.24, 2.45) is 0 Å². The van der Waals surface area contributed by atoms with Gasteiger partial charge in [-0.05, 0) is 47.7 Å². The highest BCUT2D eigenvalue weighted by Gasteiger charge is 2.52. The molecule has 2 rings (SSSR count). The number of halogens is 1. The van der Waals surface area contributed by atoms with E-state index in [-0.39, 0.29) is 5.91 Å². The number of likely N-dealkylation sites (N-methyl/N-ethyl adjacent to an activating group) is 1. The second kappa shape index (κ2) is 3.97. The third-order valence-electron chi connectivity index (χ3n) is 3.18. The number of carbonyl (C=O) groups excluding carboxylic acids is 2. The fourth-order valence-corrected chi connectivity index (χ4v) is 2.65. The summed E-state index contributed by atoms with van der Waals surface area (Å²) >= 11 is 2.16. The molecular formula is C12H12INO3. The summed E-state index contributed by atoms with van der Waals surface area (Å²) < 4.78 is 5.75. The van der Waals surface area contributed by atoms with E-state index in [9.17, 15) is 9.59 Å². The van der Waals surface area contributed by atoms with Crippen molar-refractivity contribution in [1.82, 2.24) is 0 Å². The smallest absolute Gasteiger partial charge is 0.325 e. The molecule has 0 unspecified atom stereocenters. The number of methoxy groups -OCH3 is 1. The van der Waals surface area contributed by atoms with Crippen LogP contribution in [-0.2, 0) is 19.7 Å². The Morgan fingerprint density at radius 3 is 2.71 bits per heavy atom. The highest BCUT2D eigenvalue weighted by atomic mass is 127. The Balaban J connectivity index is 2.69. The van der Waals surface area contributed by atoms with Crippen LogP contribution in [0, 0.1) is 3.57 Å². The highest BCUT2D eigenvalue weighted by Crippen LogP contribution is 2.42. The molecule has 5 heteroatoms. The zero-order valence-electron chi connectivity index (χ0n) is 9.78. The van der Waals surface area contributed by atoms with Crippen molar-refractivity contribution >= 4 is 40.2 Å². The standard InChI is InChI=1S/C12H12INO3/c1-12(11(16)17-3)8-6-7(13)4-5-9(8)14(2)10(12)15/h4-6H,1-3H3/t12-/m0/s1. The summed E-state index contributed by atoms with van der Waals surface area (Å²) in [5.41, 5.74) is 0.257. The molecule has 0 aliphatic carbocycles. The SMILES string of the molecule is COC(=O)[C@]1(C)C(=O)N(C)c2ccc(I)cc21. The van der Waals surface area contributed by atoms with Crippen LogP contribution in [0.3, 0.4) is 0 Å². The second-order valence-electron chi connectivity index (χ2n) is 4.14. The number of carbonyl (C=O) groups is 2. The third-order valence-corrected chi connectivity index (χ3v) is 3.86. The van der Waals surface area contributed by atoms with Gasteiger partial charge in [0, 0.05) is 21.9 Å². The van der Waals surface area contributed by atoms with Crippen molar-refractivity contribution in [3.63, 3.8) is 0 Å². The van der Waals surface area contributed by atoms with E-state index in [0.29, 0.717) is 5.56 Å². The van der Waals surface area contributed by atoms with E-state index in [1.165, 1.54) is 12.0 Å². The minimum absolute atomic E-state index is 0.249. The molecule has 0 bridgehead atoms. The maximum Gasteiger partial charge on any atom is 0.325 e. The Morgan fingerprint density at radius 2 is 2.12 bits per heavy atom. The molecule has 1 aliphatic rings. The van der Waals surface area contributed by atoms with Crippen LogP contribution in [0.4, 0.5) is 5.69 Å². The van der Waals surface area contributed by atoms with E-state index in [0.717, 1.165) is 9.26 Å². The second-order valence-corrected chi connectivity index (χ2v) is 5.39. The number of hydrogen-bond acceptors (Lipinski definition) is 3. The summed E-state index contributed by atoms with van der Waals surface area (Å²) in [5, 5.41) is 0. The number of ether oxygens (including phenoxy) is 1. The van der Waals surface area contributed by atoms with Gasteiger partial charge in [-0.15, -0.1) is 0 Å². The van der Waals surface area contributed by atoms with Crippen LogP contribution in [-0.4, -0.2) is 26.0 Å². The number of hydrogen-bond donors (Lipinski definition) is 0. The quantitative estimate of drug-likeness (QED) is 0.442. The van der Waals surface area contributed by atoms with E-state index in [1.807, 2.05) is 18.2 Å². The number of benzene rings is 1. The van der Waals surface area contributed by atoms with Gasteiger partial charge in [0.25, 0.3) is 0 Å². The van der Waals surface area contributed by atoms with E-state index in [2.05, 4.69) is 22.6 Å². The summed E-state index contributed by atoms with van der Waals surface area (Å²) in [5.74, 6) is -0.767. The molecule has 1 aromatic carbocycles. The Kier molecular flexibility index (Phi) is 2.89. The summed E-state index contributed by atoms with van der Waals surface area (Å²) in [6.07, 6.45) is 0. The van der Waals surface area contributed by atoms with Crippen LogP contribution < -0.4 is 4.90 Å². The van der Waals surface area contributed by atoms with Gasteiger partial charge in [-0.2, -0.15) is 0 Å². The fourth-order valence-electron chi connectivity index (χ4n) is 2.16. The van der Waals surface area contributed by atoms with Gasteiger partial charge in [0.1, 0.15) is 0 Å². The number of esters is 1. The minimum Gasteiger partial charge on any atom is -0.468 e. The molecule has 0 aromatic heterocycles. The van der Waals surface area contributed by atoms with Gasteiger partial charge in [-0.3, -0.25) is 9.59 Å². The maximum atomic E-state index is 12.2. The molecule has 90 valence electrons. The minimum atomic E-state index is -1.22. The molecule has 0 spiro atoms. The van der Waals surface area contributed by atoms with Crippen LogP contribution in [0.25, 0.3) is 0 Å². The van der Waals surface area contributed by atoms with Gasteiger partial charge in [-0.1, -0.05) is 0 Å². The number of rotatable bonds is 1. The first-order valence-electron chi connectivity index (χ1n) is 5.09. The van der Waals surface area contributed by atoms with Gasteiger partial charge in [0.05, 0.1) is 7.11 Å². The highest BCUT2D eigenvalue weighted by molar-refractivity contribution is 14.1. The molecule has 0 N–H and O–H groups in total. The van der Waals surface area contributed by atoms with Crippen molar-refractivity contribution in [2.75, 3.05) is 19.1 Å². The molecule has 1 amide bonds. The lowest BCUT2D eigenvalue weighted by atomic mass is 9.84. The van der Waals surface area contributed by atoms with E-state index < -0.39 is 11.4 Å². The van der Waals surface area contributed by atoms with Crippen LogP contribution in [0.2, 0.25) is 0 Å². The maximum absolute atomic E-state index is 12.2. The number of fused-ring (bicyclic) bond motifs is 1. The average molecular weight is 345 g/mol. The third kappa shape index (κ3) is 1.55. The molecule has 4 nitrogen and oxygen atoms in total. The Bertz CT molecular complexity index is 514. The predicted octanol–water partition coefficient (Wildman–Crippen LogP) is 1.70. The number of anilines is 1. The molecule has 0 saturated heterocycles. The number of amides is 1. The topological polar surface area (TPSA) is 46.6 Å². The van der Waals surface area contributed by atoms with Crippen LogP contribution in [0.1, 0.15) is 12.5 Å². The van der Waals surface area contributed by atoms with Crippen molar-refractivity contribution < 1.29 is 14.3 Å². The Labute approximate surface area is 113 Å². The predicted molar refractivity (Wildman–Crippen MR) is 71.9 cm³/mol. The molecular weight excluding hydrogens is 333 g/mol. The molecule has 0 radical (unpaired) electrons. The Hall–Kier alpha value is -1.11. The Morgan fingerprint density at radius 1 is 1.47 bits per heavy atom. The largest absolute Gasteiger partial charge is 0.468 e. The normalized spacial score (nSPS) is 22.6. The first kappa shape index (κ1) is 12.3. The zero-order valence-corrected chi connectivity index (χ0v) is 11.9. The lowest BCUT2D eigenvalue weighted by Gasteiger charge is -2.19. The molecule has 1 heterocycles. The van der Waals surface area contributed by atoms with Crippen LogP contribution in [0.15, 0.2) is 18.2 Å². The van der Waals surface area contributed by atoms with Gasteiger partial charge in [0.2, 0.25) is 5.91 Å². The van der Waals surface area contributed by atoms with E-state index >= 15 is 0 Å². The van der Waals surface area contributed by atoms with E-state index in [4.69, 9.17) is 4.74 Å². The molecule has 17 heavy (non-hydrogen) atoms. The van der Waals surface area contributed by atoms with Gasteiger partial charge in [-0.25, -0.2) is 0 Å². The molecule has 1 atom stereocenters. The summed E-state index contributed by atoms with van der Waals surface area (Å²) in [7, 11) is 2.97. The first-order valence-corrected chi connectivity index (χ1v) is 6.17. The van der Waals surface area contributed by atoms with Gasteiger partial charge < -0.3 is 9.64 Å². The van der Waals surface area contributed by atoms with Gasteiger partial charge >= 0.3 is 5.97 Å². The monoisotopic (exact) mass is 345 g/mol. The number of nitrogens with zero attached hydrogens (tertiary/aromatic N) is 1. The van der Waals surface area contributed by atoms with Crippen molar-refractivity contribution in [3.05, 3.63) is 27.3 Å². The summed E-state index contributed by atoms with van der Waals surface area (Å²) in [6, 6.07) is 5.61. The van der Waals surface area contributed by atoms with Crippen LogP contribution in [0.5, 0.6) is 0 Å². The molecule has 0 saturated carbocycles. The van der Waals surface area contributed by atoms with E-state index in [1.54, 1.807) is 14.0 Å². The van der Waals surface area contributed by atoms with Crippen molar-refractivity contribution in [2.45, 2.75) is 12.3 Å². The fraction of sp³-hybridized carbons (Fsp3) is 0.333. The summed E-state index contributed by atoms with van der Waals surface area (Å²) in [4.78, 5) is 25.6. The summed E-state index contributed by atoms with van der Waals surface area (Å²) in [6.45, 7) is 1.61. The van der Waals surface area contributed by atoms with Gasteiger partial charge in [0.15, 0.2) is 5.41 Å². The molecule has 1 aromatic rings. The lowest BCUT2D eigenvalue weighted by molar-refractivity contribution is -0.150. The average Bonchev–Trinajstić information content (AvgIpc) is 2.51. The molecule has 1 aliphatic heterocycles. The first-order chi connectivity index (χ1) is 7.92. The zero-order chi connectivity index (χ0) is 12.8. The van der Waals surface area contributed by atoms with Crippen LogP contribution >= 0.6 is 22.6 Å².